The van der Waals surface area contributed by atoms with Crippen molar-refractivity contribution in [2.24, 2.45) is 0 Å². The van der Waals surface area contributed by atoms with Gasteiger partial charge in [-0.25, -0.2) is 0 Å². The Morgan fingerprint density at radius 2 is 1.84 bits per heavy atom. The topological polar surface area (TPSA) is 33.9 Å². The van der Waals surface area contributed by atoms with Crippen LogP contribution in [0.2, 0.25) is 0 Å². The molecule has 2 aromatic heterocycles. The minimum Gasteiger partial charge on any atom is -0.340 e. The Balaban J connectivity index is 1.71. The van der Waals surface area contributed by atoms with Gasteiger partial charge < -0.3 is 19.8 Å². The highest BCUT2D eigenvalue weighted by molar-refractivity contribution is 6.21. The van der Waals surface area contributed by atoms with Gasteiger partial charge in [-0.15, -0.1) is 0 Å². The minimum atomic E-state index is 0.459. The van der Waals surface area contributed by atoms with Crippen molar-refractivity contribution in [1.29, 1.82) is 0 Å². The maximum absolute atomic E-state index is 3.67. The highest BCUT2D eigenvalue weighted by Crippen LogP contribution is 2.43. The SMILES string of the molecule is CCC(CNC)n1c2ccccc2c2c3c4c(n(C5CCCNC5)c3ccc21)CCCC4. The van der Waals surface area contributed by atoms with Crippen molar-refractivity contribution in [2.75, 3.05) is 26.7 Å². The molecule has 1 saturated heterocycles. The van der Waals surface area contributed by atoms with Crippen molar-refractivity contribution in [3.8, 4) is 0 Å². The molecule has 3 heterocycles. The van der Waals surface area contributed by atoms with Crippen LogP contribution in [-0.4, -0.2) is 35.8 Å². The van der Waals surface area contributed by atoms with E-state index in [0.29, 0.717) is 12.1 Å². The Hall–Kier alpha value is -2.30. The second kappa shape index (κ2) is 8.24. The van der Waals surface area contributed by atoms with E-state index in [-0.39, 0.29) is 0 Å². The van der Waals surface area contributed by atoms with Crippen LogP contribution < -0.4 is 10.6 Å². The van der Waals surface area contributed by atoms with Crippen LogP contribution in [0.5, 0.6) is 0 Å². The lowest BCUT2D eigenvalue weighted by Gasteiger charge is -2.28. The van der Waals surface area contributed by atoms with E-state index in [4.69, 9.17) is 0 Å². The van der Waals surface area contributed by atoms with Gasteiger partial charge in [-0.1, -0.05) is 25.1 Å². The fourth-order valence-corrected chi connectivity index (χ4v) is 6.67. The third-order valence-corrected chi connectivity index (χ3v) is 8.06. The van der Waals surface area contributed by atoms with E-state index < -0.39 is 0 Å². The molecule has 4 heteroatoms. The number of hydrogen-bond acceptors (Lipinski definition) is 2. The van der Waals surface area contributed by atoms with Crippen LogP contribution in [0.25, 0.3) is 32.7 Å². The number of likely N-dealkylation sites (N-methyl/N-ethyl adjacent to an activating group) is 1. The molecule has 0 radical (unpaired) electrons. The molecule has 2 aliphatic rings. The van der Waals surface area contributed by atoms with E-state index in [2.05, 4.69) is 70.1 Å². The van der Waals surface area contributed by atoms with Crippen molar-refractivity contribution in [3.63, 3.8) is 0 Å². The summed E-state index contributed by atoms with van der Waals surface area (Å²) in [5.74, 6) is 0. The molecule has 2 atom stereocenters. The van der Waals surface area contributed by atoms with Crippen LogP contribution in [0.15, 0.2) is 36.4 Å². The summed E-state index contributed by atoms with van der Waals surface area (Å²) in [4.78, 5) is 0. The minimum absolute atomic E-state index is 0.459. The van der Waals surface area contributed by atoms with Crippen molar-refractivity contribution in [3.05, 3.63) is 47.7 Å². The summed E-state index contributed by atoms with van der Waals surface area (Å²) in [6.45, 7) is 5.58. The number of rotatable bonds is 5. The smallest absolute Gasteiger partial charge is 0.0502 e. The number of aromatic nitrogens is 2. The molecule has 4 nitrogen and oxygen atoms in total. The molecule has 0 bridgehead atoms. The van der Waals surface area contributed by atoms with Gasteiger partial charge >= 0.3 is 0 Å². The van der Waals surface area contributed by atoms with Crippen LogP contribution in [0.3, 0.4) is 0 Å². The van der Waals surface area contributed by atoms with Crippen molar-refractivity contribution < 1.29 is 0 Å². The van der Waals surface area contributed by atoms with Crippen LogP contribution in [0, 0.1) is 0 Å². The molecule has 4 aromatic rings. The highest BCUT2D eigenvalue weighted by atomic mass is 15.1. The molecule has 0 spiro atoms. The average molecular weight is 429 g/mol. The Kier molecular flexibility index (Phi) is 5.23. The standard InChI is InChI=1S/C28H36N4/c1-3-19(17-29-2)31-23-12-6-4-10-21(23)27-25(31)14-15-26-28(27)22-11-5-7-13-24(22)32(26)20-9-8-16-30-18-20/h4,6,10,12,14-15,19-20,29-30H,3,5,7-9,11,13,16-18H2,1-2H3. The van der Waals surface area contributed by atoms with Crippen LogP contribution in [0.1, 0.15) is 62.4 Å². The first-order valence-corrected chi connectivity index (χ1v) is 12.8. The van der Waals surface area contributed by atoms with Gasteiger partial charge in [0.05, 0.1) is 5.52 Å². The molecule has 2 unspecified atom stereocenters. The monoisotopic (exact) mass is 428 g/mol. The number of benzene rings is 2. The molecular formula is C28H36N4. The number of hydrogen-bond donors (Lipinski definition) is 2. The number of aryl methyl sites for hydroxylation is 1. The number of nitrogens with zero attached hydrogens (tertiary/aromatic N) is 2. The molecule has 0 saturated carbocycles. The quantitative estimate of drug-likeness (QED) is 0.426. The second-order valence-corrected chi connectivity index (χ2v) is 9.86. The molecule has 6 rings (SSSR count). The normalized spacial score (nSPS) is 20.2. The Labute approximate surface area is 191 Å². The molecule has 1 aliphatic heterocycles. The van der Waals surface area contributed by atoms with Crippen molar-refractivity contribution in [1.82, 2.24) is 19.8 Å². The number of piperidine rings is 1. The Bertz CT molecular complexity index is 1270. The van der Waals surface area contributed by atoms with Crippen LogP contribution in [-0.2, 0) is 12.8 Å². The zero-order chi connectivity index (χ0) is 21.7. The summed E-state index contributed by atoms with van der Waals surface area (Å²) in [7, 11) is 2.07. The van der Waals surface area contributed by atoms with Gasteiger partial charge in [-0.05, 0) is 82.3 Å². The third-order valence-electron chi connectivity index (χ3n) is 8.06. The van der Waals surface area contributed by atoms with Crippen molar-refractivity contribution >= 4 is 32.7 Å². The Morgan fingerprint density at radius 3 is 2.66 bits per heavy atom. The number of nitrogens with one attached hydrogen (secondary N) is 2. The van der Waals surface area contributed by atoms with Gasteiger partial charge in [-0.3, -0.25) is 0 Å². The van der Waals surface area contributed by atoms with E-state index >= 15 is 0 Å². The van der Waals surface area contributed by atoms with Gasteiger partial charge in [0, 0.05) is 58.1 Å². The van der Waals surface area contributed by atoms with E-state index in [1.165, 1.54) is 72.4 Å². The van der Waals surface area contributed by atoms with Crippen LogP contribution in [0.4, 0.5) is 0 Å². The maximum atomic E-state index is 3.67. The lowest BCUT2D eigenvalue weighted by Crippen LogP contribution is -2.32. The molecule has 0 amide bonds. The first-order valence-electron chi connectivity index (χ1n) is 12.8. The zero-order valence-electron chi connectivity index (χ0n) is 19.6. The van der Waals surface area contributed by atoms with E-state index in [9.17, 15) is 0 Å². The second-order valence-electron chi connectivity index (χ2n) is 9.86. The van der Waals surface area contributed by atoms with Gasteiger partial charge in [0.15, 0.2) is 0 Å². The fourth-order valence-electron chi connectivity index (χ4n) is 6.67. The van der Waals surface area contributed by atoms with Crippen LogP contribution >= 0.6 is 0 Å². The van der Waals surface area contributed by atoms with Gasteiger partial charge in [0.1, 0.15) is 0 Å². The largest absolute Gasteiger partial charge is 0.340 e. The summed E-state index contributed by atoms with van der Waals surface area (Å²) < 4.78 is 5.38. The lowest BCUT2D eigenvalue weighted by atomic mass is 9.93. The average Bonchev–Trinajstić information content (AvgIpc) is 3.36. The van der Waals surface area contributed by atoms with Gasteiger partial charge in [0.2, 0.25) is 0 Å². The Morgan fingerprint density at radius 1 is 1.00 bits per heavy atom. The highest BCUT2D eigenvalue weighted by Gasteiger charge is 2.28. The number of fused-ring (bicyclic) bond motifs is 7. The fraction of sp³-hybridized carbons (Fsp3) is 0.500. The maximum Gasteiger partial charge on any atom is 0.0502 e. The van der Waals surface area contributed by atoms with E-state index in [0.717, 1.165) is 19.5 Å². The first-order chi connectivity index (χ1) is 15.8. The summed E-state index contributed by atoms with van der Waals surface area (Å²) >= 11 is 0. The summed E-state index contributed by atoms with van der Waals surface area (Å²) in [5, 5.41) is 11.6. The predicted octanol–water partition coefficient (Wildman–Crippen LogP) is 5.72. The van der Waals surface area contributed by atoms with Gasteiger partial charge in [-0.2, -0.15) is 0 Å². The molecular weight excluding hydrogens is 392 g/mol. The molecule has 2 N–H and O–H groups in total. The van der Waals surface area contributed by atoms with Crippen molar-refractivity contribution in [2.45, 2.75) is 64.0 Å². The lowest BCUT2D eigenvalue weighted by molar-refractivity contribution is 0.369. The molecule has 2 aromatic carbocycles. The number of para-hydroxylation sites is 1. The third kappa shape index (κ3) is 2.96. The summed E-state index contributed by atoms with van der Waals surface area (Å²) in [5.41, 5.74) is 7.54. The first kappa shape index (κ1) is 20.3. The summed E-state index contributed by atoms with van der Waals surface area (Å²) in [6, 6.07) is 15.0. The molecule has 1 aliphatic carbocycles. The van der Waals surface area contributed by atoms with Gasteiger partial charge in [0.25, 0.3) is 0 Å². The molecule has 168 valence electrons. The van der Waals surface area contributed by atoms with E-state index in [1.807, 2.05) is 0 Å². The zero-order valence-corrected chi connectivity index (χ0v) is 19.6. The summed E-state index contributed by atoms with van der Waals surface area (Å²) in [6.07, 6.45) is 8.81. The van der Waals surface area contributed by atoms with E-state index in [1.54, 1.807) is 16.6 Å². The molecule has 32 heavy (non-hydrogen) atoms. The predicted molar refractivity (Wildman–Crippen MR) is 136 cm³/mol. The molecule has 1 fully saturated rings.